The maximum Gasteiger partial charge on any atom is 0.237 e. The van der Waals surface area contributed by atoms with Crippen molar-refractivity contribution in [3.05, 3.63) is 0 Å². The monoisotopic (exact) mass is 469 g/mol. The summed E-state index contributed by atoms with van der Waals surface area (Å²) in [5, 5.41) is 0. The summed E-state index contributed by atoms with van der Waals surface area (Å²) in [6.07, 6.45) is 6.44. The lowest BCUT2D eigenvalue weighted by atomic mass is 9.94. The molecule has 2 amide bonds. The minimum absolute atomic E-state index is 0.0183. The Kier molecular flexibility index (Phi) is 7.46. The molecule has 32 heavy (non-hydrogen) atoms. The molecule has 1 saturated carbocycles. The minimum Gasteiger partial charge on any atom is -0.372 e. The fourth-order valence-electron chi connectivity index (χ4n) is 6.11. The van der Waals surface area contributed by atoms with Crippen LogP contribution in [0.4, 0.5) is 0 Å². The van der Waals surface area contributed by atoms with Gasteiger partial charge < -0.3 is 14.5 Å². The summed E-state index contributed by atoms with van der Waals surface area (Å²) >= 11 is 0. The zero-order chi connectivity index (χ0) is 22.9. The molecule has 3 saturated heterocycles. The van der Waals surface area contributed by atoms with Crippen molar-refractivity contribution in [2.24, 2.45) is 5.92 Å². The molecule has 0 aromatic carbocycles. The Hall–Kier alpha value is -1.19. The van der Waals surface area contributed by atoms with Crippen LogP contribution in [-0.2, 0) is 24.2 Å². The van der Waals surface area contributed by atoms with Crippen LogP contribution in [-0.4, -0.2) is 103 Å². The quantitative estimate of drug-likeness (QED) is 0.603. The Bertz CT molecular complexity index is 779. The van der Waals surface area contributed by atoms with Gasteiger partial charge in [0.2, 0.25) is 11.8 Å². The number of nitrogens with zero attached hydrogens (tertiary/aromatic N) is 3. The second kappa shape index (κ2) is 9.97. The van der Waals surface area contributed by atoms with E-state index in [9.17, 15) is 18.0 Å². The molecule has 0 aromatic rings. The van der Waals surface area contributed by atoms with Gasteiger partial charge in [0.1, 0.15) is 0 Å². The van der Waals surface area contributed by atoms with Crippen molar-refractivity contribution in [1.29, 1.82) is 0 Å². The maximum atomic E-state index is 13.3. The van der Waals surface area contributed by atoms with E-state index in [1.54, 1.807) is 0 Å². The molecule has 0 spiro atoms. The average molecular weight is 470 g/mol. The van der Waals surface area contributed by atoms with Gasteiger partial charge in [-0.1, -0.05) is 12.8 Å². The molecule has 0 radical (unpaired) electrons. The molecule has 9 heteroatoms. The summed E-state index contributed by atoms with van der Waals surface area (Å²) in [5.74, 6) is 0.619. The number of morpholine rings is 1. The molecule has 8 nitrogen and oxygen atoms in total. The smallest absolute Gasteiger partial charge is 0.237 e. The number of hydrogen-bond donors (Lipinski definition) is 0. The van der Waals surface area contributed by atoms with Gasteiger partial charge in [-0.05, 0) is 59.0 Å². The zero-order valence-electron chi connectivity index (χ0n) is 19.6. The minimum atomic E-state index is -3.03. The number of ether oxygens (including phenoxy) is 1. The number of rotatable bonds is 5. The lowest BCUT2D eigenvalue weighted by Crippen LogP contribution is -2.53. The van der Waals surface area contributed by atoms with Gasteiger partial charge in [-0.3, -0.25) is 14.5 Å². The highest BCUT2D eigenvalue weighted by Crippen LogP contribution is 2.30. The molecule has 0 bridgehead atoms. The first kappa shape index (κ1) is 24.0. The van der Waals surface area contributed by atoms with Gasteiger partial charge in [0, 0.05) is 31.1 Å². The Morgan fingerprint density at radius 2 is 1.56 bits per heavy atom. The average Bonchev–Trinajstić information content (AvgIpc) is 3.37. The largest absolute Gasteiger partial charge is 0.372 e. The van der Waals surface area contributed by atoms with Crippen LogP contribution in [0.5, 0.6) is 0 Å². The van der Waals surface area contributed by atoms with E-state index in [0.717, 1.165) is 51.6 Å². The van der Waals surface area contributed by atoms with E-state index in [0.29, 0.717) is 26.1 Å². The molecule has 4 aliphatic rings. The molecule has 4 rings (SSSR count). The molecule has 0 aromatic heterocycles. The SMILES string of the molecule is C[C@@H]1CN(C(=O)C2CCN(CC(=O)N(C3CCCC3)[C@H]3CCS(=O)(=O)C3)CC2)C[C@H](C)O1. The van der Waals surface area contributed by atoms with E-state index in [2.05, 4.69) is 4.90 Å². The number of sulfone groups is 1. The van der Waals surface area contributed by atoms with Gasteiger partial charge in [-0.25, -0.2) is 8.42 Å². The van der Waals surface area contributed by atoms with E-state index in [4.69, 9.17) is 4.74 Å². The van der Waals surface area contributed by atoms with Gasteiger partial charge in [0.25, 0.3) is 0 Å². The zero-order valence-corrected chi connectivity index (χ0v) is 20.4. The van der Waals surface area contributed by atoms with Crippen LogP contribution in [0.25, 0.3) is 0 Å². The molecule has 3 heterocycles. The summed E-state index contributed by atoms with van der Waals surface area (Å²) < 4.78 is 29.9. The number of carbonyl (C=O) groups is 2. The topological polar surface area (TPSA) is 87.2 Å². The fourth-order valence-corrected chi connectivity index (χ4v) is 7.82. The van der Waals surface area contributed by atoms with Crippen molar-refractivity contribution in [2.45, 2.75) is 83.1 Å². The number of likely N-dealkylation sites (tertiary alicyclic amines) is 1. The number of amides is 2. The highest BCUT2D eigenvalue weighted by atomic mass is 32.2. The summed E-state index contributed by atoms with van der Waals surface area (Å²) in [4.78, 5) is 32.4. The summed E-state index contributed by atoms with van der Waals surface area (Å²) in [7, 11) is -3.03. The normalized spacial score (nSPS) is 32.3. The summed E-state index contributed by atoms with van der Waals surface area (Å²) in [5.41, 5.74) is 0. The van der Waals surface area contributed by atoms with Gasteiger partial charge >= 0.3 is 0 Å². The molecular formula is C23H39N3O5S. The van der Waals surface area contributed by atoms with Crippen molar-refractivity contribution in [3.63, 3.8) is 0 Å². The van der Waals surface area contributed by atoms with Crippen molar-refractivity contribution in [1.82, 2.24) is 14.7 Å². The van der Waals surface area contributed by atoms with Crippen LogP contribution >= 0.6 is 0 Å². The molecule has 3 atom stereocenters. The Morgan fingerprint density at radius 3 is 2.12 bits per heavy atom. The standard InChI is InChI=1S/C23H39N3O5S/c1-17-13-25(14-18(2)31-17)23(28)19-7-10-24(11-8-19)15-22(27)26(20-5-3-4-6-20)21-9-12-32(29,30)16-21/h17-21H,3-16H2,1-2H3/t17-,18+,21-/m0/s1. The Morgan fingerprint density at radius 1 is 0.938 bits per heavy atom. The van der Waals surface area contributed by atoms with Gasteiger partial charge in [-0.15, -0.1) is 0 Å². The predicted molar refractivity (Wildman–Crippen MR) is 122 cm³/mol. The van der Waals surface area contributed by atoms with Crippen LogP contribution in [0.2, 0.25) is 0 Å². The number of hydrogen-bond acceptors (Lipinski definition) is 6. The number of carbonyl (C=O) groups excluding carboxylic acids is 2. The lowest BCUT2D eigenvalue weighted by Gasteiger charge is -2.40. The van der Waals surface area contributed by atoms with E-state index >= 15 is 0 Å². The lowest BCUT2D eigenvalue weighted by molar-refractivity contribution is -0.149. The first-order valence-electron chi connectivity index (χ1n) is 12.4. The van der Waals surface area contributed by atoms with Crippen molar-refractivity contribution >= 4 is 21.7 Å². The van der Waals surface area contributed by atoms with E-state index < -0.39 is 9.84 Å². The van der Waals surface area contributed by atoms with Crippen LogP contribution in [0.1, 0.15) is 58.8 Å². The summed E-state index contributed by atoms with van der Waals surface area (Å²) in [6.45, 7) is 7.13. The van der Waals surface area contributed by atoms with Crippen LogP contribution in [0.3, 0.4) is 0 Å². The maximum absolute atomic E-state index is 13.3. The van der Waals surface area contributed by atoms with Crippen LogP contribution in [0.15, 0.2) is 0 Å². The van der Waals surface area contributed by atoms with Gasteiger partial charge in [0.05, 0.1) is 30.3 Å². The van der Waals surface area contributed by atoms with Crippen molar-refractivity contribution < 1.29 is 22.7 Å². The second-order valence-corrected chi connectivity index (χ2v) is 12.6. The van der Waals surface area contributed by atoms with Gasteiger partial charge in [-0.2, -0.15) is 0 Å². The Balaban J connectivity index is 1.31. The Labute approximate surface area is 192 Å². The predicted octanol–water partition coefficient (Wildman–Crippen LogP) is 1.29. The van der Waals surface area contributed by atoms with E-state index in [1.165, 1.54) is 0 Å². The fraction of sp³-hybridized carbons (Fsp3) is 0.913. The molecule has 0 unspecified atom stereocenters. The van der Waals surface area contributed by atoms with Crippen LogP contribution < -0.4 is 0 Å². The highest BCUT2D eigenvalue weighted by Gasteiger charge is 2.40. The van der Waals surface area contributed by atoms with E-state index in [1.807, 2.05) is 23.6 Å². The number of piperidine rings is 1. The highest BCUT2D eigenvalue weighted by molar-refractivity contribution is 7.91. The first-order valence-corrected chi connectivity index (χ1v) is 14.2. The van der Waals surface area contributed by atoms with Crippen LogP contribution in [0, 0.1) is 5.92 Å². The third kappa shape index (κ3) is 5.65. The molecule has 1 aliphatic carbocycles. The molecule has 4 fully saturated rings. The first-order chi connectivity index (χ1) is 15.2. The summed E-state index contributed by atoms with van der Waals surface area (Å²) in [6, 6.07) is 0.0187. The third-order valence-corrected chi connectivity index (χ3v) is 9.39. The molecular weight excluding hydrogens is 430 g/mol. The van der Waals surface area contributed by atoms with Crippen molar-refractivity contribution in [3.8, 4) is 0 Å². The third-order valence-electron chi connectivity index (χ3n) is 7.63. The molecule has 182 valence electrons. The molecule has 3 aliphatic heterocycles. The van der Waals surface area contributed by atoms with Gasteiger partial charge in [0.15, 0.2) is 9.84 Å². The van der Waals surface area contributed by atoms with Crippen molar-refractivity contribution in [2.75, 3.05) is 44.2 Å². The molecule has 0 N–H and O–H groups in total. The second-order valence-electron chi connectivity index (χ2n) is 10.3. The van der Waals surface area contributed by atoms with E-state index in [-0.39, 0.29) is 53.5 Å².